The average molecular weight is 614 g/mol. The molecule has 0 unspecified atom stereocenters. The molecular formula is C29H27F4N7O4. The summed E-state index contributed by atoms with van der Waals surface area (Å²) in [5.74, 6) is -1.09. The van der Waals surface area contributed by atoms with Crippen LogP contribution in [0.15, 0.2) is 61.3 Å². The fourth-order valence-corrected chi connectivity index (χ4v) is 4.68. The molecule has 0 aliphatic carbocycles. The number of fused-ring (bicyclic) bond motifs is 1. The summed E-state index contributed by atoms with van der Waals surface area (Å²) in [6, 6.07) is 8.78. The number of nitrogens with zero attached hydrogens (tertiary/aromatic N) is 6. The number of aliphatic hydroxyl groups is 1. The summed E-state index contributed by atoms with van der Waals surface area (Å²) >= 11 is 0. The zero-order valence-corrected chi connectivity index (χ0v) is 23.8. The molecular weight excluding hydrogens is 586 g/mol. The van der Waals surface area contributed by atoms with Gasteiger partial charge in [-0.3, -0.25) is 9.48 Å². The van der Waals surface area contributed by atoms with Gasteiger partial charge in [0.2, 0.25) is 5.60 Å². The van der Waals surface area contributed by atoms with Crippen LogP contribution in [0.4, 0.5) is 17.6 Å². The highest BCUT2D eigenvalue weighted by Crippen LogP contribution is 2.42. The van der Waals surface area contributed by atoms with Crippen molar-refractivity contribution in [3.8, 4) is 22.8 Å². The van der Waals surface area contributed by atoms with E-state index in [1.807, 2.05) is 0 Å². The zero-order chi connectivity index (χ0) is 31.6. The minimum Gasteiger partial charge on any atom is -0.494 e. The first-order valence-corrected chi connectivity index (χ1v) is 13.3. The third-order valence-corrected chi connectivity index (χ3v) is 6.84. The van der Waals surface area contributed by atoms with Gasteiger partial charge in [-0.2, -0.15) is 18.3 Å². The van der Waals surface area contributed by atoms with Crippen LogP contribution in [0.2, 0.25) is 0 Å². The molecule has 2 aromatic carbocycles. The van der Waals surface area contributed by atoms with E-state index >= 15 is 0 Å². The number of methoxy groups -OCH3 is 1. The van der Waals surface area contributed by atoms with Gasteiger partial charge in [-0.25, -0.2) is 9.37 Å². The van der Waals surface area contributed by atoms with Crippen LogP contribution in [0.5, 0.6) is 11.5 Å². The van der Waals surface area contributed by atoms with Crippen LogP contribution in [0.3, 0.4) is 0 Å². The number of alkyl halides is 3. The lowest BCUT2D eigenvalue weighted by Crippen LogP contribution is -2.51. The first-order valence-electron chi connectivity index (χ1n) is 13.3. The number of nitrogens with one attached hydrogen (secondary N) is 1. The number of halogens is 4. The van der Waals surface area contributed by atoms with Crippen LogP contribution in [0, 0.1) is 5.82 Å². The summed E-state index contributed by atoms with van der Waals surface area (Å²) in [6.07, 6.45) is -0.952. The molecule has 0 radical (unpaired) electrons. The second-order valence-corrected chi connectivity index (χ2v) is 9.88. The van der Waals surface area contributed by atoms with E-state index in [-0.39, 0.29) is 47.0 Å². The molecule has 0 aliphatic rings. The van der Waals surface area contributed by atoms with Crippen molar-refractivity contribution in [2.45, 2.75) is 25.2 Å². The van der Waals surface area contributed by atoms with Crippen molar-refractivity contribution in [1.82, 2.24) is 34.8 Å². The molecule has 5 rings (SSSR count). The van der Waals surface area contributed by atoms with Gasteiger partial charge in [0.15, 0.2) is 5.75 Å². The van der Waals surface area contributed by atoms with Gasteiger partial charge in [0.1, 0.15) is 35.4 Å². The average Bonchev–Trinajstić information content (AvgIpc) is 3.64. The smallest absolute Gasteiger partial charge is 0.424 e. The largest absolute Gasteiger partial charge is 0.494 e. The van der Waals surface area contributed by atoms with Crippen molar-refractivity contribution in [3.05, 3.63) is 84.0 Å². The monoisotopic (exact) mass is 613 g/mol. The van der Waals surface area contributed by atoms with Crippen molar-refractivity contribution in [2.75, 3.05) is 20.3 Å². The van der Waals surface area contributed by atoms with Gasteiger partial charge in [-0.1, -0.05) is 0 Å². The minimum absolute atomic E-state index is 0.00757. The normalized spacial score (nSPS) is 13.1. The predicted octanol–water partition coefficient (Wildman–Crippen LogP) is 4.00. The van der Waals surface area contributed by atoms with Crippen molar-refractivity contribution in [1.29, 1.82) is 0 Å². The maximum absolute atomic E-state index is 14.7. The summed E-state index contributed by atoms with van der Waals surface area (Å²) in [4.78, 5) is 17.3. The van der Waals surface area contributed by atoms with Gasteiger partial charge >= 0.3 is 6.18 Å². The van der Waals surface area contributed by atoms with E-state index in [4.69, 9.17) is 9.47 Å². The second kappa shape index (κ2) is 11.9. The Hall–Kier alpha value is -5.05. The van der Waals surface area contributed by atoms with E-state index in [0.29, 0.717) is 10.9 Å². The summed E-state index contributed by atoms with van der Waals surface area (Å²) in [6.45, 7) is 0.495. The predicted molar refractivity (Wildman–Crippen MR) is 149 cm³/mol. The topological polar surface area (TPSA) is 129 Å². The summed E-state index contributed by atoms with van der Waals surface area (Å²) < 4.78 is 72.1. The van der Waals surface area contributed by atoms with Crippen LogP contribution in [-0.2, 0) is 19.2 Å². The van der Waals surface area contributed by atoms with Crippen molar-refractivity contribution < 1.29 is 36.9 Å². The van der Waals surface area contributed by atoms with Crippen LogP contribution in [0.25, 0.3) is 22.2 Å². The number of ether oxygens (including phenoxy) is 2. The number of aryl methyl sites for hydroxylation is 1. The number of hydrogen-bond donors (Lipinski definition) is 2. The first-order chi connectivity index (χ1) is 20.9. The number of benzene rings is 2. The van der Waals surface area contributed by atoms with Crippen LogP contribution in [0.1, 0.15) is 28.5 Å². The maximum atomic E-state index is 14.7. The Balaban J connectivity index is 1.59. The molecule has 15 heteroatoms. The number of pyridine rings is 1. The number of aromatic nitrogens is 6. The third kappa shape index (κ3) is 5.90. The molecule has 0 saturated heterocycles. The van der Waals surface area contributed by atoms with Crippen LogP contribution >= 0.6 is 0 Å². The fourth-order valence-electron chi connectivity index (χ4n) is 4.68. The summed E-state index contributed by atoms with van der Waals surface area (Å²) in [5, 5.41) is 25.7. The van der Waals surface area contributed by atoms with E-state index in [9.17, 15) is 27.5 Å². The Kier molecular flexibility index (Phi) is 8.23. The summed E-state index contributed by atoms with van der Waals surface area (Å²) in [7, 11) is 3.05. The van der Waals surface area contributed by atoms with Gasteiger partial charge in [0.25, 0.3) is 5.91 Å². The van der Waals surface area contributed by atoms with Gasteiger partial charge < -0.3 is 24.5 Å². The molecule has 3 heterocycles. The number of carbonyl (C=O) groups excluding carboxylic acids is 1. The van der Waals surface area contributed by atoms with E-state index in [1.54, 1.807) is 20.2 Å². The zero-order valence-electron chi connectivity index (χ0n) is 23.8. The Labute approximate surface area is 248 Å². The van der Waals surface area contributed by atoms with E-state index in [2.05, 4.69) is 25.6 Å². The Morgan fingerprint density at radius 1 is 1.09 bits per heavy atom. The quantitative estimate of drug-likeness (QED) is 0.226. The molecule has 0 saturated carbocycles. The maximum Gasteiger partial charge on any atom is 0.424 e. The van der Waals surface area contributed by atoms with Gasteiger partial charge in [-0.15, -0.1) is 10.2 Å². The Bertz CT molecular complexity index is 1790. The summed E-state index contributed by atoms with van der Waals surface area (Å²) in [5.41, 5.74) is -3.61. The molecule has 0 fully saturated rings. The standard InChI is InChI=1S/C29H27F4N7O4/c1-4-44-26-20(13-40-15-35-36-16-40)11-23(37-25(26)17-5-7-21(30)8-6-17)28(42,29(31,32)33)14-34-27(41)18-9-19-12-39(2)38-24(19)22(10-18)43-3/h5-12,15-16,42H,4,13-14H2,1-3H3,(H,34,41)/t28-/m0/s1. The lowest BCUT2D eigenvalue weighted by atomic mass is 9.94. The molecule has 2 N–H and O–H groups in total. The van der Waals surface area contributed by atoms with Crippen molar-refractivity contribution in [3.63, 3.8) is 0 Å². The number of hydrogen-bond acceptors (Lipinski definition) is 8. The number of rotatable bonds is 10. The highest BCUT2D eigenvalue weighted by molar-refractivity contribution is 5.99. The van der Waals surface area contributed by atoms with E-state index < -0.39 is 35.7 Å². The fraction of sp³-hybridized carbons (Fsp3) is 0.276. The molecule has 11 nitrogen and oxygen atoms in total. The molecule has 230 valence electrons. The highest BCUT2D eigenvalue weighted by Gasteiger charge is 2.56. The molecule has 5 aromatic rings. The molecule has 3 aromatic heterocycles. The molecule has 0 aliphatic heterocycles. The molecule has 0 spiro atoms. The SMILES string of the molecule is CCOc1c(Cn2cnnc2)cc([C@@](O)(CNC(=O)c2cc(OC)c3nn(C)cc3c2)C(F)(F)F)nc1-c1ccc(F)cc1. The first kappa shape index (κ1) is 30.4. The molecule has 1 atom stereocenters. The van der Waals surface area contributed by atoms with Gasteiger partial charge in [-0.05, 0) is 49.4 Å². The van der Waals surface area contributed by atoms with Gasteiger partial charge in [0, 0.05) is 35.3 Å². The van der Waals surface area contributed by atoms with Crippen LogP contribution < -0.4 is 14.8 Å². The highest BCUT2D eigenvalue weighted by atomic mass is 19.4. The number of carbonyl (C=O) groups is 1. The van der Waals surface area contributed by atoms with Gasteiger partial charge in [0.05, 0.1) is 32.5 Å². The Morgan fingerprint density at radius 3 is 2.43 bits per heavy atom. The second-order valence-electron chi connectivity index (χ2n) is 9.88. The van der Waals surface area contributed by atoms with E-state index in [1.165, 1.54) is 53.3 Å². The molecule has 1 amide bonds. The lowest BCUT2D eigenvalue weighted by molar-refractivity contribution is -0.265. The minimum atomic E-state index is -5.29. The Morgan fingerprint density at radius 2 is 1.80 bits per heavy atom. The lowest BCUT2D eigenvalue weighted by Gasteiger charge is -2.31. The van der Waals surface area contributed by atoms with Crippen LogP contribution in [-0.4, -0.2) is 67.0 Å². The van der Waals surface area contributed by atoms with Crippen molar-refractivity contribution in [2.24, 2.45) is 7.05 Å². The number of amides is 1. The molecule has 0 bridgehead atoms. The van der Waals surface area contributed by atoms with Crippen molar-refractivity contribution >= 4 is 16.8 Å². The third-order valence-electron chi connectivity index (χ3n) is 6.84. The molecule has 44 heavy (non-hydrogen) atoms. The van der Waals surface area contributed by atoms with E-state index in [0.717, 1.165) is 18.2 Å².